The normalized spacial score (nSPS) is 14.5. The van der Waals surface area contributed by atoms with Gasteiger partial charge in [-0.3, -0.25) is 4.68 Å². The Morgan fingerprint density at radius 2 is 2.11 bits per heavy atom. The fraction of sp³-hybridized carbons (Fsp3) is 0.400. The highest BCUT2D eigenvalue weighted by Crippen LogP contribution is 2.37. The lowest BCUT2D eigenvalue weighted by Gasteiger charge is -2.31. The molecule has 1 aliphatic heterocycles. The Kier molecular flexibility index (Phi) is 2.93. The van der Waals surface area contributed by atoms with Gasteiger partial charge in [0.2, 0.25) is 0 Å². The van der Waals surface area contributed by atoms with Gasteiger partial charge in [-0.05, 0) is 30.9 Å². The third-order valence-corrected chi connectivity index (χ3v) is 3.83. The maximum Gasteiger partial charge on any atom is 0.154 e. The molecule has 2 N–H and O–H groups in total. The third-order valence-electron chi connectivity index (χ3n) is 3.83. The molecule has 3 rings (SSSR count). The number of hydrogen-bond acceptors (Lipinski definition) is 3. The number of nitrogens with two attached hydrogens (primary N) is 1. The maximum atomic E-state index is 6.28. The summed E-state index contributed by atoms with van der Waals surface area (Å²) >= 11 is 0. The number of nitrogen functional groups attached to an aromatic ring is 1. The number of benzene rings is 1. The van der Waals surface area contributed by atoms with Crippen LogP contribution in [0.2, 0.25) is 0 Å². The smallest absolute Gasteiger partial charge is 0.154 e. The molecule has 0 spiro atoms. The highest BCUT2D eigenvalue weighted by atomic mass is 15.4. The Hall–Kier alpha value is -1.97. The van der Waals surface area contributed by atoms with E-state index in [2.05, 4.69) is 41.2 Å². The van der Waals surface area contributed by atoms with Crippen molar-refractivity contribution in [1.29, 1.82) is 0 Å². The summed E-state index contributed by atoms with van der Waals surface area (Å²) in [5.41, 5.74) is 10.8. The van der Waals surface area contributed by atoms with E-state index in [-0.39, 0.29) is 0 Å². The zero-order valence-corrected chi connectivity index (χ0v) is 11.6. The number of aryl methyl sites for hydroxylation is 3. The fourth-order valence-electron chi connectivity index (χ4n) is 2.92. The van der Waals surface area contributed by atoms with E-state index in [0.717, 1.165) is 43.0 Å². The number of rotatable bonds is 2. The quantitative estimate of drug-likeness (QED) is 0.898. The first-order chi connectivity index (χ1) is 9.22. The van der Waals surface area contributed by atoms with Gasteiger partial charge in [-0.25, -0.2) is 0 Å². The third kappa shape index (κ3) is 1.87. The number of aromatic nitrogens is 2. The van der Waals surface area contributed by atoms with Gasteiger partial charge in [0.1, 0.15) is 0 Å². The number of anilines is 3. The lowest BCUT2D eigenvalue weighted by molar-refractivity contribution is 0.700. The van der Waals surface area contributed by atoms with Crippen LogP contribution in [0.3, 0.4) is 0 Å². The number of para-hydroxylation sites is 1. The summed E-state index contributed by atoms with van der Waals surface area (Å²) < 4.78 is 1.91. The molecule has 0 aliphatic carbocycles. The predicted molar refractivity (Wildman–Crippen MR) is 78.8 cm³/mol. The average Bonchev–Trinajstić information content (AvgIpc) is 2.73. The fourth-order valence-corrected chi connectivity index (χ4v) is 2.92. The van der Waals surface area contributed by atoms with Crippen LogP contribution < -0.4 is 10.6 Å². The summed E-state index contributed by atoms with van der Waals surface area (Å²) in [6, 6.07) is 8.57. The molecule has 4 nitrogen and oxygen atoms in total. The van der Waals surface area contributed by atoms with E-state index in [4.69, 9.17) is 5.73 Å². The van der Waals surface area contributed by atoms with Gasteiger partial charge in [-0.2, -0.15) is 5.10 Å². The Bertz CT molecular complexity index is 600. The molecule has 100 valence electrons. The molecular weight excluding hydrogens is 236 g/mol. The first-order valence-corrected chi connectivity index (χ1v) is 6.89. The van der Waals surface area contributed by atoms with Crippen molar-refractivity contribution >= 4 is 17.2 Å². The Morgan fingerprint density at radius 1 is 1.32 bits per heavy atom. The van der Waals surface area contributed by atoms with Crippen molar-refractivity contribution in [2.75, 3.05) is 17.2 Å². The van der Waals surface area contributed by atoms with E-state index in [1.165, 1.54) is 11.3 Å². The van der Waals surface area contributed by atoms with Gasteiger partial charge in [0.05, 0.1) is 11.4 Å². The van der Waals surface area contributed by atoms with Gasteiger partial charge < -0.3 is 10.6 Å². The number of hydrogen-bond donors (Lipinski definition) is 1. The second-order valence-electron chi connectivity index (χ2n) is 5.05. The van der Waals surface area contributed by atoms with Crippen molar-refractivity contribution in [2.24, 2.45) is 7.05 Å². The molecule has 19 heavy (non-hydrogen) atoms. The highest BCUT2D eigenvalue weighted by Gasteiger charge is 2.24. The minimum absolute atomic E-state index is 0.821. The average molecular weight is 256 g/mol. The van der Waals surface area contributed by atoms with Crippen LogP contribution in [-0.2, 0) is 19.9 Å². The van der Waals surface area contributed by atoms with Gasteiger partial charge in [0.25, 0.3) is 0 Å². The summed E-state index contributed by atoms with van der Waals surface area (Å²) in [7, 11) is 1.97. The van der Waals surface area contributed by atoms with Crippen LogP contribution in [0.4, 0.5) is 17.2 Å². The van der Waals surface area contributed by atoms with Crippen LogP contribution in [0.15, 0.2) is 24.3 Å². The minimum atomic E-state index is 0.821. The molecule has 0 atom stereocenters. The Balaban J connectivity index is 2.11. The molecule has 2 aromatic rings. The zero-order chi connectivity index (χ0) is 13.4. The molecule has 4 heteroatoms. The van der Waals surface area contributed by atoms with E-state index in [0.29, 0.717) is 0 Å². The first kappa shape index (κ1) is 12.1. The van der Waals surface area contributed by atoms with Crippen LogP contribution in [0.25, 0.3) is 0 Å². The molecule has 1 aromatic heterocycles. The molecule has 0 saturated carbocycles. The second kappa shape index (κ2) is 4.61. The molecule has 0 bridgehead atoms. The second-order valence-corrected chi connectivity index (χ2v) is 5.05. The van der Waals surface area contributed by atoms with E-state index >= 15 is 0 Å². The number of nitrogens with zero attached hydrogens (tertiary/aromatic N) is 3. The number of fused-ring (bicyclic) bond motifs is 1. The molecule has 0 unspecified atom stereocenters. The molecule has 0 amide bonds. The van der Waals surface area contributed by atoms with Crippen molar-refractivity contribution in [2.45, 2.75) is 26.2 Å². The standard InChI is InChI=1S/C15H20N4/c1-3-12-14(16)15(18(2)17-12)19-10-6-8-11-7-4-5-9-13(11)19/h4-5,7,9H,3,6,8,10,16H2,1-2H3. The van der Waals surface area contributed by atoms with Gasteiger partial charge in [-0.1, -0.05) is 25.1 Å². The molecule has 1 aliphatic rings. The van der Waals surface area contributed by atoms with E-state index in [1.54, 1.807) is 0 Å². The molecule has 0 fully saturated rings. The summed E-state index contributed by atoms with van der Waals surface area (Å²) in [5.74, 6) is 1.03. The molecule has 1 aromatic carbocycles. The van der Waals surface area contributed by atoms with E-state index in [1.807, 2.05) is 11.7 Å². The van der Waals surface area contributed by atoms with Crippen LogP contribution in [-0.4, -0.2) is 16.3 Å². The van der Waals surface area contributed by atoms with Crippen LogP contribution >= 0.6 is 0 Å². The maximum absolute atomic E-state index is 6.28. The lowest BCUT2D eigenvalue weighted by atomic mass is 10.0. The van der Waals surface area contributed by atoms with E-state index in [9.17, 15) is 0 Å². The topological polar surface area (TPSA) is 47.1 Å². The van der Waals surface area contributed by atoms with Gasteiger partial charge in [0, 0.05) is 19.3 Å². The van der Waals surface area contributed by atoms with E-state index < -0.39 is 0 Å². The molecule has 0 saturated heterocycles. The van der Waals surface area contributed by atoms with Crippen LogP contribution in [0, 0.1) is 0 Å². The predicted octanol–water partition coefficient (Wildman–Crippen LogP) is 2.65. The largest absolute Gasteiger partial charge is 0.394 e. The van der Waals surface area contributed by atoms with Crippen molar-refractivity contribution in [1.82, 2.24) is 9.78 Å². The van der Waals surface area contributed by atoms with Crippen LogP contribution in [0.1, 0.15) is 24.6 Å². The Labute approximate surface area is 113 Å². The summed E-state index contributed by atoms with van der Waals surface area (Å²) in [6.07, 6.45) is 3.17. The molecule has 2 heterocycles. The van der Waals surface area contributed by atoms with Crippen molar-refractivity contribution < 1.29 is 0 Å². The van der Waals surface area contributed by atoms with Crippen molar-refractivity contribution in [3.63, 3.8) is 0 Å². The van der Waals surface area contributed by atoms with Crippen molar-refractivity contribution in [3.8, 4) is 0 Å². The SMILES string of the molecule is CCc1nn(C)c(N2CCCc3ccccc32)c1N. The van der Waals surface area contributed by atoms with Gasteiger partial charge in [-0.15, -0.1) is 0 Å². The summed E-state index contributed by atoms with van der Waals surface area (Å²) in [6.45, 7) is 3.09. The molecular formula is C15H20N4. The highest BCUT2D eigenvalue weighted by molar-refractivity contribution is 5.75. The summed E-state index contributed by atoms with van der Waals surface area (Å²) in [5, 5.41) is 4.53. The van der Waals surface area contributed by atoms with Gasteiger partial charge >= 0.3 is 0 Å². The first-order valence-electron chi connectivity index (χ1n) is 6.89. The minimum Gasteiger partial charge on any atom is -0.394 e. The van der Waals surface area contributed by atoms with Crippen molar-refractivity contribution in [3.05, 3.63) is 35.5 Å². The monoisotopic (exact) mass is 256 g/mol. The Morgan fingerprint density at radius 3 is 2.84 bits per heavy atom. The van der Waals surface area contributed by atoms with Crippen LogP contribution in [0.5, 0.6) is 0 Å². The molecule has 0 radical (unpaired) electrons. The zero-order valence-electron chi connectivity index (χ0n) is 11.6. The lowest BCUT2D eigenvalue weighted by Crippen LogP contribution is -2.27. The van der Waals surface area contributed by atoms with Gasteiger partial charge in [0.15, 0.2) is 5.82 Å². The summed E-state index contributed by atoms with van der Waals surface area (Å²) in [4.78, 5) is 2.31.